The molecule has 0 aliphatic carbocycles. The minimum atomic E-state index is -4.03. The van der Waals surface area contributed by atoms with Gasteiger partial charge in [-0.25, -0.2) is 18.8 Å². The highest BCUT2D eigenvalue weighted by atomic mass is 31.2. The van der Waals surface area contributed by atoms with Crippen molar-refractivity contribution in [2.24, 2.45) is 0 Å². The van der Waals surface area contributed by atoms with Crippen LogP contribution < -0.4 is 16.3 Å². The Bertz CT molecular complexity index is 978. The predicted molar refractivity (Wildman–Crippen MR) is 103 cm³/mol. The second-order valence-electron chi connectivity index (χ2n) is 7.66. The predicted octanol–water partition coefficient (Wildman–Crippen LogP) is 0.589. The summed E-state index contributed by atoms with van der Waals surface area (Å²) in [5.74, 6) is -0.663. The fraction of sp³-hybridized carbons (Fsp3) is 0.706. The Balaban J connectivity index is 1.75. The van der Waals surface area contributed by atoms with E-state index in [0.29, 0.717) is 0 Å². The van der Waals surface area contributed by atoms with Crippen LogP contribution in [-0.2, 0) is 32.6 Å². The van der Waals surface area contributed by atoms with Gasteiger partial charge in [-0.1, -0.05) is 0 Å². The lowest BCUT2D eigenvalue weighted by Crippen LogP contribution is -2.46. The number of nitrogens with one attached hydrogen (secondary N) is 2. The summed E-state index contributed by atoms with van der Waals surface area (Å²) in [6.45, 7) is 4.87. The van der Waals surface area contributed by atoms with E-state index in [4.69, 9.17) is 23.3 Å². The number of aromatic amines is 1. The average molecular weight is 465 g/mol. The summed E-state index contributed by atoms with van der Waals surface area (Å²) in [5.41, 5.74) is -3.73. The summed E-state index contributed by atoms with van der Waals surface area (Å²) in [4.78, 5) is 37.4. The second kappa shape index (κ2) is 8.93. The maximum atomic E-state index is 15.6. The number of hydrogen-bond donors (Lipinski definition) is 2. The van der Waals surface area contributed by atoms with Crippen LogP contribution in [0, 0.1) is 0 Å². The van der Waals surface area contributed by atoms with Gasteiger partial charge in [-0.3, -0.25) is 28.2 Å². The summed E-state index contributed by atoms with van der Waals surface area (Å²) in [6.07, 6.45) is -3.00. The molecule has 0 saturated carbocycles. The molecular formula is C17H25FN3O9P. The minimum absolute atomic E-state index is 0.372. The Morgan fingerprint density at radius 2 is 2.10 bits per heavy atom. The summed E-state index contributed by atoms with van der Waals surface area (Å²) >= 11 is 0. The molecule has 2 unspecified atom stereocenters. The largest absolute Gasteiger partial charge is 0.462 e. The molecule has 2 aliphatic rings. The average Bonchev–Trinajstić information content (AvgIpc) is 2.88. The van der Waals surface area contributed by atoms with Gasteiger partial charge in [0.25, 0.3) is 5.56 Å². The standard InChI is InChI=1S/C17H25FN3O9P/c1-9(2)29-14(23)10(3)20-31(25)27-7-11-13(26-8-28-31)17(4,18)15(30-11)21-6-5-12(22)19-16(21)24/h5-6,9-11,13,15H,7-8H2,1-4H3,(H,20,25)(H,19,22,24)/t10?,11-,13-,15-,17-,31?/m1/s1. The van der Waals surface area contributed by atoms with Crippen molar-refractivity contribution in [3.8, 4) is 0 Å². The van der Waals surface area contributed by atoms with Crippen molar-refractivity contribution in [3.63, 3.8) is 0 Å². The van der Waals surface area contributed by atoms with Crippen LogP contribution in [0.5, 0.6) is 0 Å². The van der Waals surface area contributed by atoms with Gasteiger partial charge in [-0.15, -0.1) is 0 Å². The van der Waals surface area contributed by atoms with E-state index in [1.165, 1.54) is 13.8 Å². The topological polar surface area (TPSA) is 147 Å². The van der Waals surface area contributed by atoms with Gasteiger partial charge in [0.05, 0.1) is 12.7 Å². The van der Waals surface area contributed by atoms with Gasteiger partial charge in [0.15, 0.2) is 18.7 Å². The van der Waals surface area contributed by atoms with Gasteiger partial charge in [0.1, 0.15) is 18.2 Å². The third kappa shape index (κ3) is 5.13. The van der Waals surface area contributed by atoms with Crippen LogP contribution in [0.3, 0.4) is 0 Å². The first-order valence-electron chi connectivity index (χ1n) is 9.58. The van der Waals surface area contributed by atoms with Crippen LogP contribution in [0.4, 0.5) is 4.39 Å². The van der Waals surface area contributed by atoms with Crippen molar-refractivity contribution in [2.75, 3.05) is 13.4 Å². The first kappa shape index (κ1) is 23.8. The number of carbonyl (C=O) groups is 1. The zero-order valence-electron chi connectivity index (χ0n) is 17.4. The van der Waals surface area contributed by atoms with Gasteiger partial charge >= 0.3 is 19.4 Å². The minimum Gasteiger partial charge on any atom is -0.462 e. The van der Waals surface area contributed by atoms with Gasteiger partial charge in [-0.05, 0) is 27.7 Å². The quantitative estimate of drug-likeness (QED) is 0.468. The molecule has 3 rings (SSSR count). The third-order valence-electron chi connectivity index (χ3n) is 4.72. The molecule has 174 valence electrons. The molecule has 0 aromatic carbocycles. The van der Waals surface area contributed by atoms with E-state index >= 15 is 4.39 Å². The molecule has 6 atom stereocenters. The Kier molecular flexibility index (Phi) is 6.84. The Morgan fingerprint density at radius 3 is 2.74 bits per heavy atom. The highest BCUT2D eigenvalue weighted by molar-refractivity contribution is 7.51. The van der Waals surface area contributed by atoms with E-state index in [1.807, 2.05) is 4.98 Å². The molecule has 1 aromatic heterocycles. The number of hydrogen-bond acceptors (Lipinski definition) is 9. The molecule has 12 nitrogen and oxygen atoms in total. The van der Waals surface area contributed by atoms with Crippen molar-refractivity contribution in [2.45, 2.75) is 63.9 Å². The zero-order valence-corrected chi connectivity index (χ0v) is 18.3. The van der Waals surface area contributed by atoms with Gasteiger partial charge in [0, 0.05) is 12.3 Å². The van der Waals surface area contributed by atoms with Crippen LogP contribution in [-0.4, -0.2) is 58.9 Å². The molecule has 2 fully saturated rings. The molecule has 0 bridgehead atoms. The van der Waals surface area contributed by atoms with Gasteiger partial charge in [0.2, 0.25) is 0 Å². The summed E-state index contributed by atoms with van der Waals surface area (Å²) < 4.78 is 55.9. The normalized spacial score (nSPS) is 34.6. The number of aromatic nitrogens is 2. The monoisotopic (exact) mass is 465 g/mol. The van der Waals surface area contributed by atoms with Gasteiger partial charge < -0.3 is 14.2 Å². The smallest absolute Gasteiger partial charge is 0.408 e. The Morgan fingerprint density at radius 1 is 1.39 bits per heavy atom. The van der Waals surface area contributed by atoms with E-state index in [1.54, 1.807) is 13.8 Å². The molecule has 2 N–H and O–H groups in total. The van der Waals surface area contributed by atoms with Crippen molar-refractivity contribution in [1.29, 1.82) is 0 Å². The van der Waals surface area contributed by atoms with Crippen LogP contribution in [0.15, 0.2) is 21.9 Å². The lowest BCUT2D eigenvalue weighted by Gasteiger charge is -2.31. The SMILES string of the molecule is CC(C)OC(=O)C(C)NP1(=O)OCO[C@@H]2[C@@H](CO1)O[C@@H](n1ccc(=O)[nH]c1=O)[C@]2(C)F. The van der Waals surface area contributed by atoms with E-state index in [9.17, 15) is 18.9 Å². The van der Waals surface area contributed by atoms with E-state index in [0.717, 1.165) is 16.8 Å². The molecule has 0 spiro atoms. The molecular weight excluding hydrogens is 440 g/mol. The molecule has 3 heterocycles. The Hall–Kier alpha value is -1.89. The highest BCUT2D eigenvalue weighted by Crippen LogP contribution is 2.49. The lowest BCUT2D eigenvalue weighted by atomic mass is 9.98. The van der Waals surface area contributed by atoms with E-state index in [2.05, 4.69) is 5.09 Å². The number of alkyl halides is 1. The second-order valence-corrected chi connectivity index (χ2v) is 9.43. The summed E-state index contributed by atoms with van der Waals surface area (Å²) in [7, 11) is -4.03. The number of ether oxygens (including phenoxy) is 3. The molecule has 0 amide bonds. The number of esters is 1. The molecule has 31 heavy (non-hydrogen) atoms. The van der Waals surface area contributed by atoms with Crippen LogP contribution in [0.2, 0.25) is 0 Å². The first-order chi connectivity index (χ1) is 14.4. The van der Waals surface area contributed by atoms with Crippen molar-refractivity contribution >= 4 is 13.7 Å². The lowest BCUT2D eigenvalue weighted by molar-refractivity contribution is -0.149. The number of rotatable bonds is 5. The fourth-order valence-electron chi connectivity index (χ4n) is 3.30. The van der Waals surface area contributed by atoms with Gasteiger partial charge in [-0.2, -0.15) is 0 Å². The molecule has 1 aromatic rings. The van der Waals surface area contributed by atoms with E-state index < -0.39 is 68.5 Å². The number of H-pyrrole nitrogens is 1. The maximum absolute atomic E-state index is 15.6. The molecule has 14 heteroatoms. The van der Waals surface area contributed by atoms with Crippen molar-refractivity contribution < 1.29 is 37.0 Å². The number of carbonyl (C=O) groups excluding carboxylic acids is 1. The zero-order chi connectivity index (χ0) is 23.0. The number of fused-ring (bicyclic) bond motifs is 1. The highest BCUT2D eigenvalue weighted by Gasteiger charge is 2.58. The van der Waals surface area contributed by atoms with Crippen LogP contribution in [0.1, 0.15) is 33.9 Å². The number of halogens is 1. The van der Waals surface area contributed by atoms with Crippen LogP contribution >= 0.6 is 7.75 Å². The fourth-order valence-corrected chi connectivity index (χ4v) is 4.65. The molecule has 0 radical (unpaired) electrons. The summed E-state index contributed by atoms with van der Waals surface area (Å²) in [6, 6.07) is 0.0316. The van der Waals surface area contributed by atoms with Crippen LogP contribution in [0.25, 0.3) is 0 Å². The number of nitrogens with zero attached hydrogens (tertiary/aromatic N) is 1. The van der Waals surface area contributed by atoms with Crippen molar-refractivity contribution in [3.05, 3.63) is 33.1 Å². The summed E-state index contributed by atoms with van der Waals surface area (Å²) in [5, 5.41) is 2.44. The molecule has 2 saturated heterocycles. The first-order valence-corrected chi connectivity index (χ1v) is 11.1. The third-order valence-corrected chi connectivity index (χ3v) is 6.36. The van der Waals surface area contributed by atoms with Crippen molar-refractivity contribution in [1.82, 2.24) is 14.6 Å². The van der Waals surface area contributed by atoms with E-state index in [-0.39, 0.29) is 6.10 Å². The Labute approximate surface area is 176 Å². The maximum Gasteiger partial charge on any atom is 0.408 e. The molecule has 2 aliphatic heterocycles.